The Morgan fingerprint density at radius 1 is 0.656 bits per heavy atom. The number of carbonyl (C=O) groups excluding carboxylic acids is 1. The molecule has 0 unspecified atom stereocenters. The van der Waals surface area contributed by atoms with Crippen LogP contribution in [0.3, 0.4) is 0 Å². The average molecular weight is 476 g/mol. The minimum absolute atomic E-state index is 0.116. The van der Waals surface area contributed by atoms with Gasteiger partial charge < -0.3 is 9.84 Å². The van der Waals surface area contributed by atoms with Crippen LogP contribution in [0.1, 0.15) is 103 Å². The number of rotatable bonds is 19. The van der Waals surface area contributed by atoms with Gasteiger partial charge in [-0.25, -0.2) is 0 Å². The van der Waals surface area contributed by atoms with E-state index in [4.69, 9.17) is 0 Å². The first-order valence-corrected chi connectivity index (χ1v) is 11.6. The molecule has 190 valence electrons. The van der Waals surface area contributed by atoms with E-state index >= 15 is 0 Å². The maximum absolute atomic E-state index is 12.4. The molecule has 0 bridgehead atoms. The molecular weight excluding hydrogens is 438 g/mol. The quantitative estimate of drug-likeness (QED) is 0.0860. The Hall–Kier alpha value is -1.25. The number of hydrogen-bond donors (Lipinski definition) is 0. The molecule has 0 heterocycles. The number of unbranched alkanes of at least 4 members (excludes halogenated alkanes) is 15. The van der Waals surface area contributed by atoms with Crippen LogP contribution in [0.15, 0.2) is 12.7 Å². The van der Waals surface area contributed by atoms with E-state index < -0.39 is 30.5 Å². The van der Waals surface area contributed by atoms with Gasteiger partial charge in [0.15, 0.2) is 5.60 Å². The van der Waals surface area contributed by atoms with Gasteiger partial charge in [-0.1, -0.05) is 89.5 Å². The van der Waals surface area contributed by atoms with Crippen molar-refractivity contribution in [1.29, 1.82) is 0 Å². The molecule has 32 heavy (non-hydrogen) atoms. The Kier molecular flexibility index (Phi) is 15.7. The minimum Gasteiger partial charge on any atom is -0.828 e. The van der Waals surface area contributed by atoms with E-state index in [1.807, 2.05) is 6.08 Å². The van der Waals surface area contributed by atoms with Gasteiger partial charge in [0.25, 0.3) is 0 Å². The van der Waals surface area contributed by atoms with Crippen molar-refractivity contribution in [1.82, 2.24) is 0 Å². The third kappa shape index (κ3) is 12.1. The van der Waals surface area contributed by atoms with Crippen LogP contribution in [0.5, 0.6) is 0 Å². The first kappa shape index (κ1) is 30.8. The first-order chi connectivity index (χ1) is 15.0. The van der Waals surface area contributed by atoms with Gasteiger partial charge in [0.1, 0.15) is 0 Å². The lowest BCUT2D eigenvalue weighted by Crippen LogP contribution is -2.71. The van der Waals surface area contributed by atoms with Crippen molar-refractivity contribution < 1.29 is 41.0 Å². The van der Waals surface area contributed by atoms with E-state index in [0.29, 0.717) is 6.42 Å². The fourth-order valence-electron chi connectivity index (χ4n) is 3.35. The lowest BCUT2D eigenvalue weighted by Gasteiger charge is -2.40. The molecule has 0 fully saturated rings. The maximum atomic E-state index is 12.4. The second-order valence-electron chi connectivity index (χ2n) is 8.19. The van der Waals surface area contributed by atoms with Crippen LogP contribution in [-0.2, 0) is 9.53 Å². The van der Waals surface area contributed by atoms with Crippen LogP contribution in [-0.4, -0.2) is 30.5 Å². The van der Waals surface area contributed by atoms with E-state index in [9.17, 15) is 36.2 Å². The zero-order valence-electron chi connectivity index (χ0n) is 18.8. The Morgan fingerprint density at radius 2 is 0.969 bits per heavy atom. The van der Waals surface area contributed by atoms with Gasteiger partial charge >= 0.3 is 18.3 Å². The minimum atomic E-state index is -6.31. The highest BCUT2D eigenvalue weighted by Crippen LogP contribution is 2.41. The molecule has 0 aromatic rings. The summed E-state index contributed by atoms with van der Waals surface area (Å²) in [6.07, 6.45) is 5.97. The van der Waals surface area contributed by atoms with Crippen molar-refractivity contribution in [2.75, 3.05) is 6.61 Å². The highest BCUT2D eigenvalue weighted by molar-refractivity contribution is 5.81. The number of halogens is 6. The summed E-state index contributed by atoms with van der Waals surface area (Å²) in [6.45, 7) is 3.07. The predicted octanol–water partition coefficient (Wildman–Crippen LogP) is 7.18. The number of hydrogen-bond acceptors (Lipinski definition) is 3. The molecule has 0 aliphatic carbocycles. The molecular formula is C23H37F6O3-. The molecule has 9 heteroatoms. The largest absolute Gasteiger partial charge is 0.828 e. The third-order valence-corrected chi connectivity index (χ3v) is 5.37. The summed E-state index contributed by atoms with van der Waals surface area (Å²) in [6, 6.07) is 0. The van der Waals surface area contributed by atoms with Crippen LogP contribution < -0.4 is 5.11 Å². The summed E-state index contributed by atoms with van der Waals surface area (Å²) in [5.74, 6) is -2.84. The van der Waals surface area contributed by atoms with Gasteiger partial charge in [0.05, 0.1) is 6.61 Å². The van der Waals surface area contributed by atoms with Crippen LogP contribution in [0.2, 0.25) is 0 Å². The van der Waals surface area contributed by atoms with Gasteiger partial charge in [-0.15, -0.1) is 6.58 Å². The fraction of sp³-hybridized carbons (Fsp3) is 0.870. The van der Waals surface area contributed by atoms with Gasteiger partial charge in [0, 0.05) is 0 Å². The van der Waals surface area contributed by atoms with Gasteiger partial charge in [-0.3, -0.25) is 4.79 Å². The summed E-state index contributed by atoms with van der Waals surface area (Å²) in [4.78, 5) is 11.2. The van der Waals surface area contributed by atoms with Crippen LogP contribution in [0.4, 0.5) is 26.3 Å². The standard InChI is InChI=1S/C23H37F6O3/c1-2-3-4-5-6-7-8-9-10-11-12-13-14-15-16-17-18-19-32-20(30)21(31,22(24,25)26)23(27,28)29/h2H,1,3-19H2/q-1. The summed E-state index contributed by atoms with van der Waals surface area (Å²) < 4.78 is 78.7. The SMILES string of the molecule is C=CCCCCCCCCCCCCCCCCCOC(=O)C([O-])(C(F)(F)F)C(F)(F)F. The van der Waals surface area contributed by atoms with Gasteiger partial charge in [-0.2, -0.15) is 26.3 Å². The molecule has 0 spiro atoms. The number of allylic oxidation sites excluding steroid dienone is 1. The number of esters is 1. The predicted molar refractivity (Wildman–Crippen MR) is 110 cm³/mol. The van der Waals surface area contributed by atoms with Crippen LogP contribution in [0.25, 0.3) is 0 Å². The van der Waals surface area contributed by atoms with Crippen molar-refractivity contribution in [2.24, 2.45) is 0 Å². The molecule has 0 rings (SSSR count). The summed E-state index contributed by atoms with van der Waals surface area (Å²) in [7, 11) is 0. The van der Waals surface area contributed by atoms with Crippen molar-refractivity contribution in [3.63, 3.8) is 0 Å². The molecule has 3 nitrogen and oxygen atoms in total. The van der Waals surface area contributed by atoms with E-state index in [2.05, 4.69) is 11.3 Å². The van der Waals surface area contributed by atoms with E-state index in [-0.39, 0.29) is 6.42 Å². The van der Waals surface area contributed by atoms with E-state index in [1.54, 1.807) is 0 Å². The smallest absolute Gasteiger partial charge is 0.399 e. The highest BCUT2D eigenvalue weighted by Gasteiger charge is 2.68. The van der Waals surface area contributed by atoms with Crippen molar-refractivity contribution in [3.05, 3.63) is 12.7 Å². The summed E-state index contributed by atoms with van der Waals surface area (Å²) in [5, 5.41) is 11.1. The Balaban J connectivity index is 3.62. The zero-order valence-corrected chi connectivity index (χ0v) is 18.8. The Labute approximate surface area is 187 Å². The second kappa shape index (κ2) is 16.4. The van der Waals surface area contributed by atoms with Gasteiger partial charge in [-0.05, 0) is 19.3 Å². The van der Waals surface area contributed by atoms with E-state index in [0.717, 1.165) is 38.5 Å². The van der Waals surface area contributed by atoms with Crippen LogP contribution in [0, 0.1) is 0 Å². The summed E-state index contributed by atoms with van der Waals surface area (Å²) >= 11 is 0. The molecule has 0 saturated carbocycles. The molecule has 0 amide bonds. The molecule has 0 atom stereocenters. The third-order valence-electron chi connectivity index (χ3n) is 5.37. The molecule has 0 aromatic heterocycles. The summed E-state index contributed by atoms with van der Waals surface area (Å²) in [5.41, 5.74) is -5.74. The molecule has 0 saturated heterocycles. The number of ether oxygens (including phenoxy) is 1. The Morgan fingerprint density at radius 3 is 1.28 bits per heavy atom. The fourth-order valence-corrected chi connectivity index (χ4v) is 3.35. The highest BCUT2D eigenvalue weighted by atomic mass is 19.4. The number of alkyl halides is 6. The van der Waals surface area contributed by atoms with Gasteiger partial charge in [0.2, 0.25) is 0 Å². The first-order valence-electron chi connectivity index (χ1n) is 11.6. The normalized spacial score (nSPS) is 12.7. The molecule has 0 aliphatic heterocycles. The second-order valence-corrected chi connectivity index (χ2v) is 8.19. The molecule has 0 N–H and O–H groups in total. The number of carbonyl (C=O) groups is 1. The van der Waals surface area contributed by atoms with Crippen molar-refractivity contribution >= 4 is 5.97 Å². The zero-order chi connectivity index (χ0) is 24.5. The maximum Gasteiger partial charge on any atom is 0.399 e. The molecule has 0 aromatic carbocycles. The Bertz CT molecular complexity index is 489. The van der Waals surface area contributed by atoms with Crippen LogP contribution >= 0.6 is 0 Å². The molecule has 0 radical (unpaired) electrons. The lowest BCUT2D eigenvalue weighted by molar-refractivity contribution is -0.574. The van der Waals surface area contributed by atoms with Crippen molar-refractivity contribution in [2.45, 2.75) is 121 Å². The van der Waals surface area contributed by atoms with Crippen molar-refractivity contribution in [3.8, 4) is 0 Å². The molecule has 0 aliphatic rings. The lowest BCUT2D eigenvalue weighted by atomic mass is 10.0. The monoisotopic (exact) mass is 475 g/mol. The van der Waals surface area contributed by atoms with E-state index in [1.165, 1.54) is 51.4 Å². The average Bonchev–Trinajstić information content (AvgIpc) is 2.70. The topological polar surface area (TPSA) is 49.4 Å².